The molecule has 2 aromatic carbocycles. The van der Waals surface area contributed by atoms with Gasteiger partial charge in [-0.05, 0) is 49.1 Å². The number of ether oxygens (including phenoxy) is 1. The minimum Gasteiger partial charge on any atom is -0.462 e. The lowest BCUT2D eigenvalue weighted by Crippen LogP contribution is -2.34. The molecule has 0 spiro atoms. The molecule has 3 amide bonds. The van der Waals surface area contributed by atoms with Gasteiger partial charge in [-0.15, -0.1) is 23.1 Å². The number of nitrogens with zero attached hydrogens (tertiary/aromatic N) is 1. The van der Waals surface area contributed by atoms with Crippen LogP contribution in [0, 0.1) is 0 Å². The second kappa shape index (κ2) is 14.3. The first kappa shape index (κ1) is 30.3. The van der Waals surface area contributed by atoms with Crippen LogP contribution >= 0.6 is 23.1 Å². The van der Waals surface area contributed by atoms with Gasteiger partial charge < -0.3 is 20.3 Å². The van der Waals surface area contributed by atoms with E-state index in [4.69, 9.17) is 4.74 Å². The Labute approximate surface area is 248 Å². The van der Waals surface area contributed by atoms with Gasteiger partial charge in [0.2, 0.25) is 17.7 Å². The first-order valence-electron chi connectivity index (χ1n) is 13.8. The molecule has 1 unspecified atom stereocenters. The highest BCUT2D eigenvalue weighted by atomic mass is 32.2. The van der Waals surface area contributed by atoms with Crippen LogP contribution in [-0.4, -0.2) is 41.7 Å². The van der Waals surface area contributed by atoms with Crippen LogP contribution < -0.4 is 10.6 Å². The van der Waals surface area contributed by atoms with Crippen molar-refractivity contribution in [3.05, 3.63) is 76.2 Å². The minimum atomic E-state index is -0.634. The highest BCUT2D eigenvalue weighted by Crippen LogP contribution is 2.41. The maximum absolute atomic E-state index is 13.9. The number of benzene rings is 2. The van der Waals surface area contributed by atoms with Crippen molar-refractivity contribution in [2.45, 2.75) is 63.1 Å². The van der Waals surface area contributed by atoms with Gasteiger partial charge in [0.05, 0.1) is 18.7 Å². The molecule has 1 aliphatic heterocycles. The predicted octanol–water partition coefficient (Wildman–Crippen LogP) is 6.43. The van der Waals surface area contributed by atoms with Crippen molar-refractivity contribution in [1.29, 1.82) is 0 Å². The van der Waals surface area contributed by atoms with Gasteiger partial charge in [0.1, 0.15) is 10.3 Å². The van der Waals surface area contributed by atoms with Crippen molar-refractivity contribution in [2.24, 2.45) is 0 Å². The summed E-state index contributed by atoms with van der Waals surface area (Å²) >= 11 is 2.68. The molecule has 2 N–H and O–H groups in total. The number of anilines is 2. The third kappa shape index (κ3) is 7.77. The molecule has 0 bridgehead atoms. The van der Waals surface area contributed by atoms with Crippen LogP contribution in [0.3, 0.4) is 0 Å². The van der Waals surface area contributed by atoms with Gasteiger partial charge in [-0.3, -0.25) is 14.4 Å². The first-order chi connectivity index (χ1) is 19.8. The zero-order valence-electron chi connectivity index (χ0n) is 23.5. The SMILES string of the molecule is CCCCC(=O)Nc1cccc(SC(C(=O)Nc2sc3c(c2C(=O)OCC)CCN(C(C)=O)C3)c2ccccc2)c1. The topological polar surface area (TPSA) is 105 Å². The average Bonchev–Trinajstić information content (AvgIpc) is 3.32. The van der Waals surface area contributed by atoms with E-state index in [1.165, 1.54) is 30.0 Å². The highest BCUT2D eigenvalue weighted by Gasteiger charge is 2.32. The number of thiophene rings is 1. The Morgan fingerprint density at radius 1 is 1.05 bits per heavy atom. The lowest BCUT2D eigenvalue weighted by molar-refractivity contribution is -0.129. The molecule has 4 rings (SSSR count). The Hall–Kier alpha value is -3.63. The molecule has 0 aliphatic carbocycles. The van der Waals surface area contributed by atoms with E-state index in [2.05, 4.69) is 10.6 Å². The summed E-state index contributed by atoms with van der Waals surface area (Å²) in [5.41, 5.74) is 2.68. The molecule has 10 heteroatoms. The zero-order valence-corrected chi connectivity index (χ0v) is 25.2. The van der Waals surface area contributed by atoms with Crippen LogP contribution in [0.2, 0.25) is 0 Å². The fraction of sp³-hybridized carbons (Fsp3) is 0.355. The van der Waals surface area contributed by atoms with Crippen molar-refractivity contribution in [2.75, 3.05) is 23.8 Å². The molecule has 0 radical (unpaired) electrons. The number of rotatable bonds is 11. The van der Waals surface area contributed by atoms with Crippen LogP contribution in [0.5, 0.6) is 0 Å². The summed E-state index contributed by atoms with van der Waals surface area (Å²) in [7, 11) is 0. The van der Waals surface area contributed by atoms with Gasteiger partial charge in [0, 0.05) is 35.3 Å². The molecule has 0 fully saturated rings. The van der Waals surface area contributed by atoms with E-state index in [0.717, 1.165) is 33.7 Å². The molecule has 0 saturated carbocycles. The van der Waals surface area contributed by atoms with Gasteiger partial charge in [-0.25, -0.2) is 4.79 Å². The fourth-order valence-corrected chi connectivity index (χ4v) is 6.94. The number of amides is 3. The van der Waals surface area contributed by atoms with Gasteiger partial charge >= 0.3 is 5.97 Å². The number of carbonyl (C=O) groups is 4. The molecular weight excluding hydrogens is 558 g/mol. The Morgan fingerprint density at radius 2 is 1.83 bits per heavy atom. The van der Waals surface area contributed by atoms with Crippen LogP contribution in [-0.2, 0) is 32.1 Å². The molecule has 8 nitrogen and oxygen atoms in total. The predicted molar refractivity (Wildman–Crippen MR) is 163 cm³/mol. The third-order valence-corrected chi connectivity index (χ3v) is 9.07. The number of thioether (sulfide) groups is 1. The second-order valence-electron chi connectivity index (χ2n) is 9.70. The molecule has 1 aromatic heterocycles. The zero-order chi connectivity index (χ0) is 29.4. The third-order valence-electron chi connectivity index (χ3n) is 6.69. The summed E-state index contributed by atoms with van der Waals surface area (Å²) in [5.74, 6) is -0.836. The second-order valence-corrected chi connectivity index (χ2v) is 12.0. The number of hydrogen-bond donors (Lipinski definition) is 2. The minimum absolute atomic E-state index is 0.0309. The highest BCUT2D eigenvalue weighted by molar-refractivity contribution is 8.00. The number of unbranched alkanes of at least 4 members (excludes halogenated alkanes) is 1. The van der Waals surface area contributed by atoms with E-state index in [9.17, 15) is 19.2 Å². The maximum Gasteiger partial charge on any atom is 0.341 e. The van der Waals surface area contributed by atoms with Crippen molar-refractivity contribution in [3.63, 3.8) is 0 Å². The number of fused-ring (bicyclic) bond motifs is 1. The number of nitrogens with one attached hydrogen (secondary N) is 2. The maximum atomic E-state index is 13.9. The van der Waals surface area contributed by atoms with Crippen LogP contribution in [0.4, 0.5) is 10.7 Å². The number of hydrogen-bond acceptors (Lipinski definition) is 7. The van der Waals surface area contributed by atoms with Crippen LogP contribution in [0.1, 0.15) is 71.6 Å². The summed E-state index contributed by atoms with van der Waals surface area (Å²) in [6.07, 6.45) is 2.74. The summed E-state index contributed by atoms with van der Waals surface area (Å²) in [5, 5.41) is 5.76. The van der Waals surface area contributed by atoms with Crippen molar-refractivity contribution < 1.29 is 23.9 Å². The molecule has 1 aliphatic rings. The first-order valence-corrected chi connectivity index (χ1v) is 15.5. The van der Waals surface area contributed by atoms with E-state index in [1.54, 1.807) is 11.8 Å². The largest absolute Gasteiger partial charge is 0.462 e. The molecule has 41 heavy (non-hydrogen) atoms. The van der Waals surface area contributed by atoms with E-state index in [-0.39, 0.29) is 24.3 Å². The number of esters is 1. The fourth-order valence-electron chi connectivity index (χ4n) is 4.60. The molecule has 0 saturated heterocycles. The molecule has 1 atom stereocenters. The van der Waals surface area contributed by atoms with Crippen molar-refractivity contribution in [3.8, 4) is 0 Å². The monoisotopic (exact) mass is 593 g/mol. The standard InChI is InChI=1S/C31H35N3O5S2/c1-4-6-15-26(36)32-22-13-10-14-23(18-22)40-28(21-11-8-7-9-12-21)29(37)33-30-27(31(38)39-5-2)24-16-17-34(20(3)35)19-25(24)41-30/h7-14,18,28H,4-6,15-17,19H2,1-3H3,(H,32,36)(H,33,37). The smallest absolute Gasteiger partial charge is 0.341 e. The van der Waals surface area contributed by atoms with Gasteiger partial charge in [-0.1, -0.05) is 49.7 Å². The summed E-state index contributed by atoms with van der Waals surface area (Å²) in [6.45, 7) is 6.43. The van der Waals surface area contributed by atoms with Crippen LogP contribution in [0.15, 0.2) is 59.5 Å². The number of carbonyl (C=O) groups excluding carboxylic acids is 4. The Balaban J connectivity index is 1.62. The average molecular weight is 594 g/mol. The van der Waals surface area contributed by atoms with E-state index in [1.807, 2.05) is 61.5 Å². The summed E-state index contributed by atoms with van der Waals surface area (Å²) < 4.78 is 5.36. The van der Waals surface area contributed by atoms with Gasteiger partial charge in [-0.2, -0.15) is 0 Å². The van der Waals surface area contributed by atoms with E-state index < -0.39 is 11.2 Å². The summed E-state index contributed by atoms with van der Waals surface area (Å²) in [6, 6.07) is 16.9. The Bertz CT molecular complexity index is 1410. The molecule has 3 aromatic rings. The lowest BCUT2D eigenvalue weighted by atomic mass is 10.0. The normalized spacial score (nSPS) is 13.2. The van der Waals surface area contributed by atoms with E-state index >= 15 is 0 Å². The quantitative estimate of drug-likeness (QED) is 0.196. The Morgan fingerprint density at radius 3 is 2.54 bits per heavy atom. The van der Waals surface area contributed by atoms with Crippen molar-refractivity contribution in [1.82, 2.24) is 4.90 Å². The molecule has 216 valence electrons. The van der Waals surface area contributed by atoms with Gasteiger partial charge in [0.25, 0.3) is 0 Å². The lowest BCUT2D eigenvalue weighted by Gasteiger charge is -2.25. The summed E-state index contributed by atoms with van der Waals surface area (Å²) in [4.78, 5) is 54.6. The molecular formula is C31H35N3O5S2. The van der Waals surface area contributed by atoms with E-state index in [0.29, 0.717) is 42.2 Å². The van der Waals surface area contributed by atoms with Crippen LogP contribution in [0.25, 0.3) is 0 Å². The Kier molecular flexibility index (Phi) is 10.6. The molecule has 2 heterocycles. The van der Waals surface area contributed by atoms with Gasteiger partial charge in [0.15, 0.2) is 0 Å². The van der Waals surface area contributed by atoms with Crippen molar-refractivity contribution >= 4 is 57.5 Å².